The van der Waals surface area contributed by atoms with Crippen LogP contribution >= 0.6 is 0 Å². The number of benzene rings is 1. The maximum atomic E-state index is 12.6. The van der Waals surface area contributed by atoms with Gasteiger partial charge in [-0.25, -0.2) is 5.06 Å². The molecule has 2 aliphatic rings. The van der Waals surface area contributed by atoms with Gasteiger partial charge in [0.15, 0.2) is 0 Å². The van der Waals surface area contributed by atoms with E-state index in [1.807, 2.05) is 24.0 Å². The van der Waals surface area contributed by atoms with Gasteiger partial charge in [0.2, 0.25) is 5.91 Å². The predicted octanol–water partition coefficient (Wildman–Crippen LogP) is 1.85. The molecule has 0 atom stereocenters. The summed E-state index contributed by atoms with van der Waals surface area (Å²) < 4.78 is 5.17. The molecule has 1 spiro atoms. The van der Waals surface area contributed by atoms with Crippen LogP contribution in [-0.2, 0) is 9.63 Å². The lowest BCUT2D eigenvalue weighted by molar-refractivity contribution is -0.206. The minimum Gasteiger partial charge on any atom is -0.497 e. The molecule has 0 unspecified atom stereocenters. The van der Waals surface area contributed by atoms with Gasteiger partial charge in [-0.15, -0.1) is 0 Å². The van der Waals surface area contributed by atoms with Crippen LogP contribution in [0.15, 0.2) is 24.3 Å². The Bertz CT molecular complexity index is 608. The lowest BCUT2D eigenvalue weighted by Gasteiger charge is -2.37. The fourth-order valence-electron chi connectivity index (χ4n) is 3.25. The van der Waals surface area contributed by atoms with Gasteiger partial charge in [-0.05, 0) is 38.0 Å². The molecule has 2 saturated heterocycles. The number of hydrogen-bond donors (Lipinski definition) is 0. The Labute approximate surface area is 135 Å². The topological polar surface area (TPSA) is 59.1 Å². The summed E-state index contributed by atoms with van der Waals surface area (Å²) in [5, 5.41) is 1.44. The van der Waals surface area contributed by atoms with E-state index in [1.54, 1.807) is 19.2 Å². The number of amides is 2. The summed E-state index contributed by atoms with van der Waals surface area (Å²) in [7, 11) is 1.59. The zero-order chi connectivity index (χ0) is 16.4. The van der Waals surface area contributed by atoms with Crippen molar-refractivity contribution < 1.29 is 19.2 Å². The van der Waals surface area contributed by atoms with E-state index in [4.69, 9.17) is 9.57 Å². The van der Waals surface area contributed by atoms with Crippen LogP contribution in [0.2, 0.25) is 0 Å². The molecule has 2 amide bonds. The third kappa shape index (κ3) is 3.03. The molecule has 1 aromatic carbocycles. The summed E-state index contributed by atoms with van der Waals surface area (Å²) in [6.45, 7) is 3.66. The van der Waals surface area contributed by atoms with Crippen LogP contribution < -0.4 is 4.74 Å². The minimum atomic E-state index is -0.418. The van der Waals surface area contributed by atoms with E-state index >= 15 is 0 Å². The van der Waals surface area contributed by atoms with Gasteiger partial charge in [-0.1, -0.05) is 6.07 Å². The van der Waals surface area contributed by atoms with Gasteiger partial charge in [-0.3, -0.25) is 14.4 Å². The lowest BCUT2D eigenvalue weighted by Crippen LogP contribution is -2.47. The first-order chi connectivity index (χ1) is 11.1. The Hall–Kier alpha value is -2.08. The summed E-state index contributed by atoms with van der Waals surface area (Å²) >= 11 is 0. The summed E-state index contributed by atoms with van der Waals surface area (Å²) in [6, 6.07) is 7.18. The number of carbonyl (C=O) groups excluding carboxylic acids is 2. The van der Waals surface area contributed by atoms with Gasteiger partial charge in [-0.2, -0.15) is 0 Å². The Balaban J connectivity index is 1.65. The zero-order valence-electron chi connectivity index (χ0n) is 13.6. The SMILES string of the molecule is CCN1OC2(CCN(C(=O)c3cccc(OC)c3)CC2)CC1=O. The maximum absolute atomic E-state index is 12.6. The fourth-order valence-corrected chi connectivity index (χ4v) is 3.25. The van der Waals surface area contributed by atoms with Gasteiger partial charge < -0.3 is 9.64 Å². The van der Waals surface area contributed by atoms with E-state index in [2.05, 4.69) is 0 Å². The lowest BCUT2D eigenvalue weighted by atomic mass is 9.88. The van der Waals surface area contributed by atoms with E-state index in [-0.39, 0.29) is 11.8 Å². The number of likely N-dealkylation sites (tertiary alicyclic amines) is 1. The molecule has 2 aliphatic heterocycles. The van der Waals surface area contributed by atoms with Crippen LogP contribution in [0.5, 0.6) is 5.75 Å². The van der Waals surface area contributed by atoms with Crippen molar-refractivity contribution in [3.63, 3.8) is 0 Å². The molecular weight excluding hydrogens is 296 g/mol. The highest BCUT2D eigenvalue weighted by Gasteiger charge is 2.46. The van der Waals surface area contributed by atoms with Crippen LogP contribution in [0.25, 0.3) is 0 Å². The molecule has 6 nitrogen and oxygen atoms in total. The number of nitrogens with zero attached hydrogens (tertiary/aromatic N) is 2. The Morgan fingerprint density at radius 1 is 1.35 bits per heavy atom. The number of ether oxygens (including phenoxy) is 1. The number of methoxy groups -OCH3 is 1. The molecule has 23 heavy (non-hydrogen) atoms. The summed E-state index contributed by atoms with van der Waals surface area (Å²) in [4.78, 5) is 32.2. The average Bonchev–Trinajstić information content (AvgIpc) is 2.90. The molecular formula is C17H22N2O4. The average molecular weight is 318 g/mol. The highest BCUT2D eigenvalue weighted by atomic mass is 16.7. The zero-order valence-corrected chi connectivity index (χ0v) is 13.6. The number of hydroxylamine groups is 2. The first-order valence-corrected chi connectivity index (χ1v) is 8.00. The summed E-state index contributed by atoms with van der Waals surface area (Å²) in [5.74, 6) is 0.711. The third-order valence-electron chi connectivity index (χ3n) is 4.62. The van der Waals surface area contributed by atoms with Crippen molar-refractivity contribution in [3.8, 4) is 5.75 Å². The van der Waals surface area contributed by atoms with Crippen molar-refractivity contribution in [1.29, 1.82) is 0 Å². The number of piperidine rings is 1. The van der Waals surface area contributed by atoms with Crippen molar-refractivity contribution in [3.05, 3.63) is 29.8 Å². The number of hydrogen-bond acceptors (Lipinski definition) is 4. The number of rotatable bonds is 3. The highest BCUT2D eigenvalue weighted by Crippen LogP contribution is 2.36. The Morgan fingerprint density at radius 2 is 2.09 bits per heavy atom. The van der Waals surface area contributed by atoms with Crippen LogP contribution in [-0.4, -0.2) is 54.1 Å². The second kappa shape index (κ2) is 6.20. The molecule has 6 heteroatoms. The van der Waals surface area contributed by atoms with E-state index in [0.717, 1.165) is 0 Å². The largest absolute Gasteiger partial charge is 0.497 e. The molecule has 2 fully saturated rings. The second-order valence-corrected chi connectivity index (χ2v) is 6.06. The molecule has 0 saturated carbocycles. The van der Waals surface area contributed by atoms with Crippen molar-refractivity contribution in [2.24, 2.45) is 0 Å². The molecule has 0 bridgehead atoms. The molecule has 0 radical (unpaired) electrons. The first-order valence-electron chi connectivity index (χ1n) is 8.00. The molecule has 2 heterocycles. The van der Waals surface area contributed by atoms with E-state index < -0.39 is 5.60 Å². The molecule has 3 rings (SSSR count). The molecule has 0 aliphatic carbocycles. The van der Waals surface area contributed by atoms with Gasteiger partial charge in [0.1, 0.15) is 11.4 Å². The summed E-state index contributed by atoms with van der Waals surface area (Å²) in [6.07, 6.45) is 1.79. The molecule has 0 aromatic heterocycles. The molecule has 124 valence electrons. The van der Waals surface area contributed by atoms with Gasteiger partial charge >= 0.3 is 0 Å². The minimum absolute atomic E-state index is 0.00424. The van der Waals surface area contributed by atoms with Crippen molar-refractivity contribution in [1.82, 2.24) is 9.96 Å². The highest BCUT2D eigenvalue weighted by molar-refractivity contribution is 5.94. The summed E-state index contributed by atoms with van der Waals surface area (Å²) in [5.41, 5.74) is 0.206. The van der Waals surface area contributed by atoms with Crippen LogP contribution in [0.3, 0.4) is 0 Å². The maximum Gasteiger partial charge on any atom is 0.253 e. The van der Waals surface area contributed by atoms with Crippen molar-refractivity contribution >= 4 is 11.8 Å². The van der Waals surface area contributed by atoms with Crippen LogP contribution in [0.4, 0.5) is 0 Å². The Morgan fingerprint density at radius 3 is 2.70 bits per heavy atom. The second-order valence-electron chi connectivity index (χ2n) is 6.06. The molecule has 0 N–H and O–H groups in total. The third-order valence-corrected chi connectivity index (χ3v) is 4.62. The van der Waals surface area contributed by atoms with E-state index in [9.17, 15) is 9.59 Å². The van der Waals surface area contributed by atoms with Gasteiger partial charge in [0, 0.05) is 25.2 Å². The van der Waals surface area contributed by atoms with Gasteiger partial charge in [0.05, 0.1) is 13.5 Å². The fraction of sp³-hybridized carbons (Fsp3) is 0.529. The first kappa shape index (κ1) is 15.8. The number of carbonyl (C=O) groups is 2. The molecule has 1 aromatic rings. The normalized spacial score (nSPS) is 20.2. The standard InChI is InChI=1S/C17H22N2O4/c1-3-19-15(20)12-17(23-19)7-9-18(10-8-17)16(21)13-5-4-6-14(11-13)22-2/h4-6,11H,3,7-10,12H2,1-2H3. The smallest absolute Gasteiger partial charge is 0.253 e. The van der Waals surface area contributed by atoms with Crippen molar-refractivity contribution in [2.45, 2.75) is 31.8 Å². The van der Waals surface area contributed by atoms with Crippen molar-refractivity contribution in [2.75, 3.05) is 26.7 Å². The van der Waals surface area contributed by atoms with E-state index in [1.165, 1.54) is 5.06 Å². The van der Waals surface area contributed by atoms with E-state index in [0.29, 0.717) is 50.2 Å². The Kier molecular flexibility index (Phi) is 4.26. The van der Waals surface area contributed by atoms with Crippen LogP contribution in [0, 0.1) is 0 Å². The van der Waals surface area contributed by atoms with Crippen LogP contribution in [0.1, 0.15) is 36.5 Å². The predicted molar refractivity (Wildman–Crippen MR) is 84.0 cm³/mol. The van der Waals surface area contributed by atoms with Gasteiger partial charge in [0.25, 0.3) is 5.91 Å². The quantitative estimate of drug-likeness (QED) is 0.853. The monoisotopic (exact) mass is 318 g/mol.